The molecule has 2 aromatic carbocycles. The van der Waals surface area contributed by atoms with E-state index in [0.717, 1.165) is 17.7 Å². The van der Waals surface area contributed by atoms with Crippen LogP contribution < -0.4 is 10.1 Å². The Morgan fingerprint density at radius 3 is 2.66 bits per heavy atom. The molecule has 2 amide bonds. The van der Waals surface area contributed by atoms with Gasteiger partial charge in [-0.3, -0.25) is 9.59 Å². The Labute approximate surface area is 169 Å². The van der Waals surface area contributed by atoms with Crippen molar-refractivity contribution in [2.24, 2.45) is 0 Å². The van der Waals surface area contributed by atoms with Gasteiger partial charge in [0.15, 0.2) is 0 Å². The van der Waals surface area contributed by atoms with E-state index in [1.807, 2.05) is 30.3 Å². The molecule has 2 heterocycles. The van der Waals surface area contributed by atoms with Crippen molar-refractivity contribution in [3.8, 4) is 5.75 Å². The average molecular weight is 422 g/mol. The van der Waals surface area contributed by atoms with Crippen LogP contribution in [0, 0.1) is 0 Å². The smallest absolute Gasteiger partial charge is 0.406 e. The fourth-order valence-electron chi connectivity index (χ4n) is 3.83. The first-order chi connectivity index (χ1) is 13.8. The van der Waals surface area contributed by atoms with Gasteiger partial charge in [0, 0.05) is 23.9 Å². The largest absolute Gasteiger partial charge is 0.573 e. The van der Waals surface area contributed by atoms with E-state index in [1.165, 1.54) is 12.1 Å². The Morgan fingerprint density at radius 2 is 1.93 bits per heavy atom. The first-order valence-electron chi connectivity index (χ1n) is 8.97. The number of rotatable bonds is 4. The van der Waals surface area contributed by atoms with Gasteiger partial charge in [-0.1, -0.05) is 36.4 Å². The summed E-state index contributed by atoms with van der Waals surface area (Å²) in [5.74, 6) is -0.555. The molecule has 29 heavy (non-hydrogen) atoms. The van der Waals surface area contributed by atoms with Gasteiger partial charge in [0.1, 0.15) is 16.7 Å². The highest BCUT2D eigenvalue weighted by atomic mass is 32.2. The molecule has 2 aliphatic rings. The topological polar surface area (TPSA) is 58.6 Å². The number of fused-ring (bicyclic) bond motifs is 1. The number of hydrogen-bond acceptors (Lipinski definition) is 4. The minimum absolute atomic E-state index is 0.104. The number of nitrogens with zero attached hydrogens (tertiary/aromatic N) is 1. The summed E-state index contributed by atoms with van der Waals surface area (Å²) in [5.41, 5.74) is 1.14. The van der Waals surface area contributed by atoms with Gasteiger partial charge < -0.3 is 15.0 Å². The van der Waals surface area contributed by atoms with Crippen molar-refractivity contribution in [1.82, 2.24) is 4.90 Å². The van der Waals surface area contributed by atoms with Gasteiger partial charge in [0.05, 0.1) is 0 Å². The molecule has 0 aliphatic carbocycles. The summed E-state index contributed by atoms with van der Waals surface area (Å²) in [6, 6.07) is 13.9. The zero-order valence-electron chi connectivity index (χ0n) is 15.1. The Bertz CT molecular complexity index is 938. The predicted molar refractivity (Wildman–Crippen MR) is 102 cm³/mol. The van der Waals surface area contributed by atoms with Gasteiger partial charge >= 0.3 is 6.36 Å². The first kappa shape index (κ1) is 19.6. The maximum atomic E-state index is 12.9. The van der Waals surface area contributed by atoms with Gasteiger partial charge in [-0.25, -0.2) is 0 Å². The number of amides is 2. The van der Waals surface area contributed by atoms with Crippen molar-refractivity contribution in [2.45, 2.75) is 30.1 Å². The lowest BCUT2D eigenvalue weighted by atomic mass is 10.0. The fraction of sp³-hybridized carbons (Fsp3) is 0.300. The minimum Gasteiger partial charge on any atom is -0.406 e. The van der Waals surface area contributed by atoms with Gasteiger partial charge in [0.25, 0.3) is 0 Å². The van der Waals surface area contributed by atoms with E-state index in [-0.39, 0.29) is 11.6 Å². The summed E-state index contributed by atoms with van der Waals surface area (Å²) < 4.78 is 41.1. The molecular weight excluding hydrogens is 405 g/mol. The van der Waals surface area contributed by atoms with E-state index in [9.17, 15) is 22.8 Å². The van der Waals surface area contributed by atoms with Crippen LogP contribution in [0.5, 0.6) is 5.75 Å². The van der Waals surface area contributed by atoms with Gasteiger partial charge in [-0.15, -0.1) is 24.9 Å². The van der Waals surface area contributed by atoms with Crippen LogP contribution in [0.25, 0.3) is 0 Å². The molecular formula is C20H17F3N2O3S. The molecule has 0 radical (unpaired) electrons. The third-order valence-electron chi connectivity index (χ3n) is 4.99. The fourth-order valence-corrected chi connectivity index (χ4v) is 5.48. The molecule has 2 unspecified atom stereocenters. The summed E-state index contributed by atoms with van der Waals surface area (Å²) in [4.78, 5) is 26.5. The lowest BCUT2D eigenvalue weighted by Gasteiger charge is -2.34. The highest BCUT2D eigenvalue weighted by molar-refractivity contribution is 8.00. The highest BCUT2D eigenvalue weighted by Gasteiger charge is 2.56. The first-order valence-corrected chi connectivity index (χ1v) is 9.95. The van der Waals surface area contributed by atoms with Crippen molar-refractivity contribution in [3.63, 3.8) is 0 Å². The highest BCUT2D eigenvalue weighted by Crippen LogP contribution is 2.54. The quantitative estimate of drug-likeness (QED) is 0.806. The molecule has 0 aromatic heterocycles. The Hall–Kier alpha value is -2.68. The lowest BCUT2D eigenvalue weighted by Crippen LogP contribution is -2.48. The second-order valence-electron chi connectivity index (χ2n) is 6.81. The molecule has 9 heteroatoms. The number of halogens is 3. The molecule has 2 fully saturated rings. The molecule has 0 spiro atoms. The van der Waals surface area contributed by atoms with Gasteiger partial charge in [0.2, 0.25) is 11.8 Å². The van der Waals surface area contributed by atoms with E-state index in [1.54, 1.807) is 16.7 Å². The van der Waals surface area contributed by atoms with Crippen LogP contribution in [-0.2, 0) is 14.5 Å². The number of anilines is 1. The molecule has 2 atom stereocenters. The van der Waals surface area contributed by atoms with E-state index in [4.69, 9.17) is 0 Å². The van der Waals surface area contributed by atoms with Crippen molar-refractivity contribution < 1.29 is 27.5 Å². The molecule has 1 N–H and O–H groups in total. The maximum absolute atomic E-state index is 12.9. The summed E-state index contributed by atoms with van der Waals surface area (Å²) in [5, 5.41) is 2.62. The number of alkyl halides is 3. The number of ether oxygens (including phenoxy) is 1. The van der Waals surface area contributed by atoms with Crippen molar-refractivity contribution in [2.75, 3.05) is 11.1 Å². The van der Waals surface area contributed by atoms with E-state index < -0.39 is 28.9 Å². The maximum Gasteiger partial charge on any atom is 0.573 e. The molecule has 2 aromatic rings. The molecule has 0 saturated carbocycles. The van der Waals surface area contributed by atoms with Crippen LogP contribution in [0.15, 0.2) is 54.6 Å². The second kappa shape index (κ2) is 7.29. The van der Waals surface area contributed by atoms with E-state index in [0.29, 0.717) is 18.6 Å². The van der Waals surface area contributed by atoms with Crippen LogP contribution in [0.3, 0.4) is 0 Å². The number of hydrogen-bond donors (Lipinski definition) is 1. The van der Waals surface area contributed by atoms with Crippen LogP contribution >= 0.6 is 11.8 Å². The molecule has 2 aliphatic heterocycles. The van der Waals surface area contributed by atoms with Crippen LogP contribution in [0.2, 0.25) is 0 Å². The number of thioether (sulfide) groups is 1. The third kappa shape index (κ3) is 3.78. The Morgan fingerprint density at radius 1 is 1.17 bits per heavy atom. The van der Waals surface area contributed by atoms with Crippen LogP contribution in [0.1, 0.15) is 18.4 Å². The van der Waals surface area contributed by atoms with Crippen molar-refractivity contribution in [1.29, 1.82) is 0 Å². The van der Waals surface area contributed by atoms with Crippen LogP contribution in [-0.4, -0.2) is 34.9 Å². The zero-order chi connectivity index (χ0) is 20.6. The molecule has 5 nitrogen and oxygen atoms in total. The van der Waals surface area contributed by atoms with Crippen molar-refractivity contribution in [3.05, 3.63) is 60.2 Å². The number of carbonyl (C=O) groups excluding carboxylic acids is 2. The summed E-state index contributed by atoms with van der Waals surface area (Å²) in [6.45, 7) is 0. The summed E-state index contributed by atoms with van der Waals surface area (Å²) >= 11 is 1.55. The molecule has 4 rings (SSSR count). The number of nitrogens with one attached hydrogen (secondary N) is 1. The third-order valence-corrected chi connectivity index (χ3v) is 6.59. The zero-order valence-corrected chi connectivity index (χ0v) is 15.9. The monoisotopic (exact) mass is 422 g/mol. The number of carbonyl (C=O) groups is 2. The Kier molecular flexibility index (Phi) is 4.94. The predicted octanol–water partition coefficient (Wildman–Crippen LogP) is 4.11. The molecule has 152 valence electrons. The lowest BCUT2D eigenvalue weighted by molar-refractivity contribution is -0.274. The molecule has 0 bridgehead atoms. The van der Waals surface area contributed by atoms with Gasteiger partial charge in [-0.2, -0.15) is 0 Å². The standard InChI is InChI=1S/C20H17F3N2O3S/c21-20(22,23)28-15-8-4-7-14(11-15)24-18(27)16-12-29-19(10-9-17(26)25(16)19)13-5-2-1-3-6-13/h1-8,11,16H,9-10,12H2,(H,24,27). The summed E-state index contributed by atoms with van der Waals surface area (Å²) in [6.07, 6.45) is -3.86. The van der Waals surface area contributed by atoms with E-state index >= 15 is 0 Å². The SMILES string of the molecule is O=C(Nc1cccc(OC(F)(F)F)c1)C1CSC2(c3ccccc3)CCC(=O)N12. The second-order valence-corrected chi connectivity index (χ2v) is 8.10. The normalized spacial score (nSPS) is 23.8. The van der Waals surface area contributed by atoms with Crippen LogP contribution in [0.4, 0.5) is 18.9 Å². The van der Waals surface area contributed by atoms with Crippen molar-refractivity contribution >= 4 is 29.3 Å². The van der Waals surface area contributed by atoms with E-state index in [2.05, 4.69) is 10.1 Å². The Balaban J connectivity index is 1.54. The van der Waals surface area contributed by atoms with Gasteiger partial charge in [-0.05, 0) is 24.1 Å². The summed E-state index contributed by atoms with van der Waals surface area (Å²) in [7, 11) is 0. The minimum atomic E-state index is -4.82. The molecule has 2 saturated heterocycles. The number of benzene rings is 2. The average Bonchev–Trinajstić information content (AvgIpc) is 3.21.